The summed E-state index contributed by atoms with van der Waals surface area (Å²) in [6.45, 7) is 13.8. The molecule has 1 aliphatic heterocycles. The van der Waals surface area contributed by atoms with Gasteiger partial charge in [-0.1, -0.05) is 68.4 Å². The van der Waals surface area contributed by atoms with Crippen molar-refractivity contribution in [1.29, 1.82) is 0 Å². The van der Waals surface area contributed by atoms with Gasteiger partial charge in [0, 0.05) is 41.8 Å². The molecule has 4 aromatic rings. The number of aromatic nitrogens is 3. The van der Waals surface area contributed by atoms with Crippen LogP contribution in [-0.4, -0.2) is 91.6 Å². The van der Waals surface area contributed by atoms with Gasteiger partial charge in [-0.3, -0.25) is 19.3 Å². The molecule has 4 N–H and O–H groups in total. The highest BCUT2D eigenvalue weighted by Crippen LogP contribution is 2.24. The SMILES string of the molecule is Cc1cc(C)nc(O[C@@H]2CCN(C[C@@H](O)[C@H](Cc3ccccc3)NC(=O)[C@@H](NC(=O)c3ccc4ccccc4n3)C(C)C)C(C(=O)NC(C)(C)C)C2)n1. The smallest absolute Gasteiger partial charge is 0.317 e. The van der Waals surface area contributed by atoms with Gasteiger partial charge in [0.25, 0.3) is 5.91 Å². The molecule has 1 fully saturated rings. The van der Waals surface area contributed by atoms with Crippen LogP contribution in [0.5, 0.6) is 6.01 Å². The monoisotopic (exact) mass is 723 g/mol. The van der Waals surface area contributed by atoms with Crippen LogP contribution in [0.4, 0.5) is 0 Å². The molecule has 1 saturated heterocycles. The number of likely N-dealkylation sites (tertiary alicyclic amines) is 1. The van der Waals surface area contributed by atoms with E-state index in [1.54, 1.807) is 6.07 Å². The normalized spacial score (nSPS) is 18.2. The Bertz CT molecular complexity index is 1860. The van der Waals surface area contributed by atoms with E-state index in [1.165, 1.54) is 0 Å². The molecule has 0 saturated carbocycles. The number of benzene rings is 2. The zero-order chi connectivity index (χ0) is 38.3. The molecule has 0 bridgehead atoms. The quantitative estimate of drug-likeness (QED) is 0.158. The van der Waals surface area contributed by atoms with Crippen LogP contribution in [0.15, 0.2) is 72.8 Å². The Morgan fingerprint density at radius 2 is 1.60 bits per heavy atom. The summed E-state index contributed by atoms with van der Waals surface area (Å²) >= 11 is 0. The second-order valence-corrected chi connectivity index (χ2v) is 15.4. The number of aliphatic hydroxyl groups is 1. The lowest BCUT2D eigenvalue weighted by Gasteiger charge is -2.41. The summed E-state index contributed by atoms with van der Waals surface area (Å²) in [6, 6.07) is 20.5. The molecular weight excluding hydrogens is 670 g/mol. The second-order valence-electron chi connectivity index (χ2n) is 15.4. The van der Waals surface area contributed by atoms with Crippen LogP contribution >= 0.6 is 0 Å². The fourth-order valence-corrected chi connectivity index (χ4v) is 6.66. The molecule has 5 rings (SSSR count). The van der Waals surface area contributed by atoms with Crippen LogP contribution in [0.1, 0.15) is 74.9 Å². The van der Waals surface area contributed by atoms with Crippen molar-refractivity contribution in [2.24, 2.45) is 5.92 Å². The van der Waals surface area contributed by atoms with E-state index in [4.69, 9.17) is 4.74 Å². The van der Waals surface area contributed by atoms with Gasteiger partial charge in [0.2, 0.25) is 11.8 Å². The maximum absolute atomic E-state index is 14.0. The van der Waals surface area contributed by atoms with Crippen LogP contribution < -0.4 is 20.7 Å². The number of pyridine rings is 1. The first-order valence-corrected chi connectivity index (χ1v) is 18.4. The van der Waals surface area contributed by atoms with E-state index in [0.29, 0.717) is 31.3 Å². The zero-order valence-corrected chi connectivity index (χ0v) is 31.8. The van der Waals surface area contributed by atoms with Gasteiger partial charge in [-0.25, -0.2) is 15.0 Å². The van der Waals surface area contributed by atoms with Crippen molar-refractivity contribution < 1.29 is 24.2 Å². The Labute approximate surface area is 312 Å². The van der Waals surface area contributed by atoms with E-state index >= 15 is 0 Å². The van der Waals surface area contributed by atoms with Gasteiger partial charge in [0.05, 0.1) is 23.7 Å². The lowest BCUT2D eigenvalue weighted by atomic mass is 9.94. The predicted octanol–water partition coefficient (Wildman–Crippen LogP) is 4.31. The summed E-state index contributed by atoms with van der Waals surface area (Å²) < 4.78 is 6.21. The van der Waals surface area contributed by atoms with Crippen molar-refractivity contribution in [3.8, 4) is 6.01 Å². The Morgan fingerprint density at radius 3 is 2.28 bits per heavy atom. The molecule has 1 aliphatic rings. The van der Waals surface area contributed by atoms with Crippen molar-refractivity contribution in [2.75, 3.05) is 13.1 Å². The number of ether oxygens (including phenoxy) is 1. The van der Waals surface area contributed by atoms with Gasteiger partial charge in [0.15, 0.2) is 0 Å². The first kappa shape index (κ1) is 39.3. The maximum atomic E-state index is 14.0. The van der Waals surface area contributed by atoms with Crippen LogP contribution in [0.3, 0.4) is 0 Å². The molecule has 5 atom stereocenters. The molecule has 282 valence electrons. The van der Waals surface area contributed by atoms with E-state index in [1.807, 2.05) is 120 Å². The van der Waals surface area contributed by atoms with Crippen LogP contribution in [0.25, 0.3) is 10.9 Å². The topological polar surface area (TPSA) is 159 Å². The Hall–Kier alpha value is -4.94. The number of β-amino-alcohol motifs (C(OH)–C–C–N with tert-alkyl or cyclic N) is 1. The average Bonchev–Trinajstić information content (AvgIpc) is 3.09. The summed E-state index contributed by atoms with van der Waals surface area (Å²) in [5.74, 6) is -1.32. The second kappa shape index (κ2) is 17.3. The summed E-state index contributed by atoms with van der Waals surface area (Å²) in [5.41, 5.74) is 2.93. The van der Waals surface area contributed by atoms with Gasteiger partial charge >= 0.3 is 6.01 Å². The molecule has 1 unspecified atom stereocenters. The largest absolute Gasteiger partial charge is 0.460 e. The van der Waals surface area contributed by atoms with Crippen LogP contribution in [-0.2, 0) is 16.0 Å². The number of nitrogens with one attached hydrogen (secondary N) is 3. The molecule has 2 aromatic heterocycles. The number of hydrogen-bond acceptors (Lipinski definition) is 9. The third-order valence-electron chi connectivity index (χ3n) is 9.28. The maximum Gasteiger partial charge on any atom is 0.317 e. The van der Waals surface area contributed by atoms with E-state index in [2.05, 4.69) is 30.9 Å². The number of rotatable bonds is 13. The van der Waals surface area contributed by atoms with Gasteiger partial charge < -0.3 is 25.8 Å². The van der Waals surface area contributed by atoms with Crippen molar-refractivity contribution in [3.05, 3.63) is 95.4 Å². The highest BCUT2D eigenvalue weighted by atomic mass is 16.5. The third-order valence-corrected chi connectivity index (χ3v) is 9.28. The fourth-order valence-electron chi connectivity index (χ4n) is 6.66. The van der Waals surface area contributed by atoms with E-state index in [9.17, 15) is 19.5 Å². The van der Waals surface area contributed by atoms with E-state index < -0.39 is 41.6 Å². The lowest BCUT2D eigenvalue weighted by Crippen LogP contribution is -2.60. The van der Waals surface area contributed by atoms with Gasteiger partial charge in [-0.2, -0.15) is 0 Å². The van der Waals surface area contributed by atoms with Crippen LogP contribution in [0, 0.1) is 19.8 Å². The average molecular weight is 724 g/mol. The first-order valence-electron chi connectivity index (χ1n) is 18.4. The molecule has 0 aliphatic carbocycles. The van der Waals surface area contributed by atoms with E-state index in [0.717, 1.165) is 22.3 Å². The lowest BCUT2D eigenvalue weighted by molar-refractivity contribution is -0.132. The fraction of sp³-hybridized carbons (Fsp3) is 0.463. The molecular formula is C41H53N7O5. The number of aryl methyl sites for hydroxylation is 2. The van der Waals surface area contributed by atoms with E-state index in [-0.39, 0.29) is 36.2 Å². The summed E-state index contributed by atoms with van der Waals surface area (Å²) in [6.07, 6.45) is -0.0863. The standard InChI is InChI=1S/C41H53N7O5/c1-25(2)36(46-37(50)32-18-17-29-15-11-12-16-31(29)44-32)39(52)45-33(22-28-13-9-8-10-14-28)35(49)24-48-20-19-30(23-34(48)38(51)47-41(5,6)7)53-40-42-26(3)21-27(4)43-40/h8-18,21,25,30,33-36,49H,19-20,22-24H2,1-7H3,(H,45,52)(H,46,50)(H,47,51)/t30-,33+,34?,35-,36+/m1/s1. The third kappa shape index (κ3) is 11.0. The highest BCUT2D eigenvalue weighted by Gasteiger charge is 2.38. The molecule has 3 amide bonds. The minimum absolute atomic E-state index is 0.118. The Balaban J connectivity index is 1.33. The number of aliphatic hydroxyl groups excluding tert-OH is 1. The summed E-state index contributed by atoms with van der Waals surface area (Å²) in [4.78, 5) is 56.5. The minimum Gasteiger partial charge on any atom is -0.460 e. The summed E-state index contributed by atoms with van der Waals surface area (Å²) in [5, 5.41) is 21.9. The molecule has 2 aromatic carbocycles. The highest BCUT2D eigenvalue weighted by molar-refractivity contribution is 5.98. The Kier molecular flexibility index (Phi) is 12.8. The van der Waals surface area contributed by atoms with Crippen molar-refractivity contribution in [3.63, 3.8) is 0 Å². The molecule has 12 nitrogen and oxygen atoms in total. The predicted molar refractivity (Wildman–Crippen MR) is 204 cm³/mol. The number of hydrogen-bond donors (Lipinski definition) is 4. The molecule has 0 radical (unpaired) electrons. The van der Waals surface area contributed by atoms with Gasteiger partial charge in [-0.15, -0.1) is 0 Å². The number of piperidine rings is 1. The number of amides is 3. The molecule has 12 heteroatoms. The Morgan fingerprint density at radius 1 is 0.925 bits per heavy atom. The molecule has 0 spiro atoms. The number of fused-ring (bicyclic) bond motifs is 1. The van der Waals surface area contributed by atoms with Gasteiger partial charge in [-0.05, 0) is 77.1 Å². The van der Waals surface area contributed by atoms with Gasteiger partial charge in [0.1, 0.15) is 17.8 Å². The molecule has 3 heterocycles. The number of nitrogens with zero attached hydrogens (tertiary/aromatic N) is 4. The number of carbonyl (C=O) groups excluding carboxylic acids is 3. The number of para-hydroxylation sites is 1. The van der Waals surface area contributed by atoms with Crippen molar-refractivity contribution >= 4 is 28.6 Å². The molecule has 53 heavy (non-hydrogen) atoms. The van der Waals surface area contributed by atoms with Crippen LogP contribution in [0.2, 0.25) is 0 Å². The zero-order valence-electron chi connectivity index (χ0n) is 31.8. The first-order chi connectivity index (χ1) is 25.1. The minimum atomic E-state index is -1.06. The van der Waals surface area contributed by atoms with Crippen molar-refractivity contribution in [2.45, 2.75) is 104 Å². The summed E-state index contributed by atoms with van der Waals surface area (Å²) in [7, 11) is 0. The number of carbonyl (C=O) groups is 3. The van der Waals surface area contributed by atoms with Crippen molar-refractivity contribution in [1.82, 2.24) is 35.8 Å².